The predicted molar refractivity (Wildman–Crippen MR) is 103 cm³/mol. The van der Waals surface area contributed by atoms with Gasteiger partial charge in [0.2, 0.25) is 15.9 Å². The van der Waals surface area contributed by atoms with Crippen molar-refractivity contribution >= 4 is 21.6 Å². The first kappa shape index (κ1) is 19.4. The zero-order valence-corrected chi connectivity index (χ0v) is 16.3. The molecule has 1 unspecified atom stereocenters. The first-order valence-corrected chi connectivity index (χ1v) is 10.2. The molecule has 0 saturated heterocycles. The number of carbonyl (C=O) groups excluding carboxylic acids is 1. The average Bonchev–Trinajstić information content (AvgIpc) is 2.65. The third-order valence-electron chi connectivity index (χ3n) is 4.96. The van der Waals surface area contributed by atoms with Crippen molar-refractivity contribution in [2.24, 2.45) is 0 Å². The molecule has 1 atom stereocenters. The highest BCUT2D eigenvalue weighted by Crippen LogP contribution is 2.33. The summed E-state index contributed by atoms with van der Waals surface area (Å²) in [6.45, 7) is 1.62. The Morgan fingerprint density at radius 2 is 2.00 bits per heavy atom. The van der Waals surface area contributed by atoms with E-state index >= 15 is 0 Å². The number of sulfonamides is 1. The standard InChI is InChI=1S/C19H22FN3O3S/c1-12(27(25,26)21-2)6-13-7-15(11-22-10-13)16-8-14-4-5-19(24)23(3)18(14)9-17(16)20/h7-12,21H,4-6H2,1-3H3. The zero-order valence-electron chi connectivity index (χ0n) is 15.5. The summed E-state index contributed by atoms with van der Waals surface area (Å²) in [4.78, 5) is 17.4. The van der Waals surface area contributed by atoms with Crippen LogP contribution in [0.3, 0.4) is 0 Å². The quantitative estimate of drug-likeness (QED) is 0.848. The summed E-state index contributed by atoms with van der Waals surface area (Å²) in [6.07, 6.45) is 4.38. The van der Waals surface area contributed by atoms with E-state index in [0.717, 1.165) is 5.56 Å². The number of aromatic nitrogens is 1. The molecular weight excluding hydrogens is 369 g/mol. The minimum atomic E-state index is -3.39. The predicted octanol–water partition coefficient (Wildman–Crippen LogP) is 2.28. The van der Waals surface area contributed by atoms with E-state index in [4.69, 9.17) is 0 Å². The number of nitrogens with one attached hydrogen (secondary N) is 1. The number of benzene rings is 1. The van der Waals surface area contributed by atoms with Gasteiger partial charge in [0.15, 0.2) is 0 Å². The number of nitrogens with zero attached hydrogens (tertiary/aromatic N) is 2. The molecule has 6 nitrogen and oxygen atoms in total. The number of carbonyl (C=O) groups is 1. The van der Waals surface area contributed by atoms with Gasteiger partial charge in [-0.05, 0) is 56.1 Å². The van der Waals surface area contributed by atoms with E-state index in [0.29, 0.717) is 35.2 Å². The number of aryl methyl sites for hydroxylation is 1. The average molecular weight is 391 g/mol. The molecule has 1 N–H and O–H groups in total. The van der Waals surface area contributed by atoms with Gasteiger partial charge < -0.3 is 4.90 Å². The molecule has 0 radical (unpaired) electrons. The first-order chi connectivity index (χ1) is 12.7. The Labute approximate surface area is 158 Å². The summed E-state index contributed by atoms with van der Waals surface area (Å²) in [5.74, 6) is -0.469. The van der Waals surface area contributed by atoms with Crippen molar-refractivity contribution in [2.45, 2.75) is 31.4 Å². The smallest absolute Gasteiger partial charge is 0.227 e. The Morgan fingerprint density at radius 3 is 2.70 bits per heavy atom. The maximum atomic E-state index is 14.7. The molecule has 1 aromatic heterocycles. The Bertz CT molecular complexity index is 992. The lowest BCUT2D eigenvalue weighted by molar-refractivity contribution is -0.118. The van der Waals surface area contributed by atoms with Gasteiger partial charge in [0.25, 0.3) is 0 Å². The van der Waals surface area contributed by atoms with E-state index < -0.39 is 21.1 Å². The van der Waals surface area contributed by atoms with Crippen LogP contribution in [0.5, 0.6) is 0 Å². The molecular formula is C19H22FN3O3S. The molecule has 8 heteroatoms. The van der Waals surface area contributed by atoms with E-state index in [1.807, 2.05) is 0 Å². The van der Waals surface area contributed by atoms with Crippen molar-refractivity contribution in [3.8, 4) is 11.1 Å². The fraction of sp³-hybridized carbons (Fsp3) is 0.368. The molecule has 27 heavy (non-hydrogen) atoms. The Kier molecular flexibility index (Phi) is 5.30. The maximum absolute atomic E-state index is 14.7. The minimum Gasteiger partial charge on any atom is -0.315 e. The van der Waals surface area contributed by atoms with Crippen molar-refractivity contribution in [2.75, 3.05) is 19.0 Å². The highest BCUT2D eigenvalue weighted by Gasteiger charge is 2.24. The summed E-state index contributed by atoms with van der Waals surface area (Å²) in [5.41, 5.74) is 3.19. The zero-order chi connectivity index (χ0) is 19.8. The molecule has 1 amide bonds. The fourth-order valence-corrected chi connectivity index (χ4v) is 4.09. The van der Waals surface area contributed by atoms with Crippen LogP contribution >= 0.6 is 0 Å². The van der Waals surface area contributed by atoms with Crippen LogP contribution in [-0.2, 0) is 27.7 Å². The number of hydrogen-bond acceptors (Lipinski definition) is 4. The Balaban J connectivity index is 1.95. The fourth-order valence-electron chi connectivity index (χ4n) is 3.27. The summed E-state index contributed by atoms with van der Waals surface area (Å²) in [5, 5.41) is -0.632. The number of rotatable bonds is 5. The van der Waals surface area contributed by atoms with Crippen molar-refractivity contribution in [1.29, 1.82) is 0 Å². The van der Waals surface area contributed by atoms with Crippen LogP contribution in [0.15, 0.2) is 30.6 Å². The van der Waals surface area contributed by atoms with Crippen LogP contribution in [0.1, 0.15) is 24.5 Å². The molecule has 0 spiro atoms. The van der Waals surface area contributed by atoms with Gasteiger partial charge in [-0.15, -0.1) is 0 Å². The Hall–Kier alpha value is -2.32. The van der Waals surface area contributed by atoms with Crippen LogP contribution in [0, 0.1) is 5.82 Å². The van der Waals surface area contributed by atoms with Gasteiger partial charge in [-0.25, -0.2) is 17.5 Å². The van der Waals surface area contributed by atoms with Gasteiger partial charge in [0.1, 0.15) is 5.82 Å². The summed E-state index contributed by atoms with van der Waals surface area (Å²) >= 11 is 0. The third kappa shape index (κ3) is 3.86. The molecule has 0 bridgehead atoms. The van der Waals surface area contributed by atoms with Crippen molar-refractivity contribution in [3.05, 3.63) is 47.5 Å². The van der Waals surface area contributed by atoms with Crippen LogP contribution in [0.2, 0.25) is 0 Å². The van der Waals surface area contributed by atoms with Gasteiger partial charge in [-0.2, -0.15) is 0 Å². The van der Waals surface area contributed by atoms with E-state index in [1.54, 1.807) is 38.5 Å². The van der Waals surface area contributed by atoms with E-state index in [2.05, 4.69) is 9.71 Å². The molecule has 0 fully saturated rings. The summed E-state index contributed by atoms with van der Waals surface area (Å²) in [7, 11) is -0.371. The first-order valence-electron chi connectivity index (χ1n) is 8.68. The van der Waals surface area contributed by atoms with Gasteiger partial charge >= 0.3 is 0 Å². The second kappa shape index (κ2) is 7.36. The molecule has 0 aliphatic carbocycles. The maximum Gasteiger partial charge on any atom is 0.227 e. The van der Waals surface area contributed by atoms with Crippen LogP contribution in [0.4, 0.5) is 10.1 Å². The topological polar surface area (TPSA) is 79.4 Å². The highest BCUT2D eigenvalue weighted by molar-refractivity contribution is 7.90. The van der Waals surface area contributed by atoms with Gasteiger partial charge in [-0.3, -0.25) is 9.78 Å². The third-order valence-corrected chi connectivity index (χ3v) is 6.75. The van der Waals surface area contributed by atoms with Crippen LogP contribution < -0.4 is 9.62 Å². The Morgan fingerprint density at radius 1 is 1.26 bits per heavy atom. The van der Waals surface area contributed by atoms with Crippen molar-refractivity contribution < 1.29 is 17.6 Å². The lowest BCUT2D eigenvalue weighted by Gasteiger charge is -2.26. The van der Waals surface area contributed by atoms with E-state index in [9.17, 15) is 17.6 Å². The molecule has 0 saturated carbocycles. The monoisotopic (exact) mass is 391 g/mol. The normalized spacial score (nSPS) is 15.6. The lowest BCUT2D eigenvalue weighted by atomic mass is 9.95. The SMILES string of the molecule is CNS(=O)(=O)C(C)Cc1cncc(-c2cc3c(cc2F)N(C)C(=O)CC3)c1. The molecule has 2 aromatic rings. The van der Waals surface area contributed by atoms with Gasteiger partial charge in [0.05, 0.1) is 5.25 Å². The number of hydrogen-bond donors (Lipinski definition) is 1. The molecule has 1 aliphatic heterocycles. The van der Waals surface area contributed by atoms with Crippen LogP contribution in [-0.4, -0.2) is 38.7 Å². The molecule has 1 aromatic carbocycles. The lowest BCUT2D eigenvalue weighted by Crippen LogP contribution is -2.31. The van der Waals surface area contributed by atoms with Gasteiger partial charge in [-0.1, -0.05) is 0 Å². The number of amides is 1. The molecule has 3 rings (SSSR count). The number of fused-ring (bicyclic) bond motifs is 1. The summed E-state index contributed by atoms with van der Waals surface area (Å²) in [6, 6.07) is 4.89. The highest BCUT2D eigenvalue weighted by atomic mass is 32.2. The number of anilines is 1. The molecule has 1 aliphatic rings. The van der Waals surface area contributed by atoms with E-state index in [-0.39, 0.29) is 12.3 Å². The van der Waals surface area contributed by atoms with Crippen LogP contribution in [0.25, 0.3) is 11.1 Å². The minimum absolute atomic E-state index is 0.0296. The molecule has 144 valence electrons. The van der Waals surface area contributed by atoms with E-state index in [1.165, 1.54) is 18.0 Å². The number of halogens is 1. The van der Waals surface area contributed by atoms with Crippen molar-refractivity contribution in [1.82, 2.24) is 9.71 Å². The second-order valence-electron chi connectivity index (χ2n) is 6.76. The van der Waals surface area contributed by atoms with Crippen molar-refractivity contribution in [3.63, 3.8) is 0 Å². The van der Waals surface area contributed by atoms with Gasteiger partial charge in [0, 0.05) is 42.7 Å². The second-order valence-corrected chi connectivity index (χ2v) is 9.06. The number of pyridine rings is 1. The largest absolute Gasteiger partial charge is 0.315 e. The molecule has 2 heterocycles. The summed E-state index contributed by atoms with van der Waals surface area (Å²) < 4.78 is 40.9.